The minimum Gasteiger partial charge on any atom is -0.469 e. The molecule has 0 saturated carbocycles. The van der Waals surface area contributed by atoms with Crippen LogP contribution in [0.4, 0.5) is 5.82 Å². The van der Waals surface area contributed by atoms with Crippen molar-refractivity contribution in [2.45, 2.75) is 13.7 Å². The molecule has 0 amide bonds. The van der Waals surface area contributed by atoms with Gasteiger partial charge in [-0.25, -0.2) is 0 Å². The van der Waals surface area contributed by atoms with Gasteiger partial charge in [-0.2, -0.15) is 5.26 Å². The van der Waals surface area contributed by atoms with Crippen molar-refractivity contribution in [3.05, 3.63) is 74.3 Å². The predicted octanol–water partition coefficient (Wildman–Crippen LogP) is 2.36. The maximum Gasteiger partial charge on any atom is 0.390 e. The number of H-pyrrole nitrogens is 1. The van der Waals surface area contributed by atoms with E-state index >= 15 is 0 Å². The minimum absolute atomic E-state index is 0.0146. The molecule has 26 heavy (non-hydrogen) atoms. The molecule has 2 heterocycles. The van der Waals surface area contributed by atoms with E-state index in [9.17, 15) is 20.2 Å². The molecule has 0 radical (unpaired) electrons. The number of ether oxygens (including phenoxy) is 1. The monoisotopic (exact) mass is 351 g/mol. The van der Waals surface area contributed by atoms with E-state index in [0.717, 1.165) is 0 Å². The van der Waals surface area contributed by atoms with Crippen LogP contribution in [0.5, 0.6) is 5.75 Å². The molecular formula is C17H13N5O4. The van der Waals surface area contributed by atoms with Crippen molar-refractivity contribution in [2.24, 2.45) is 0 Å². The summed E-state index contributed by atoms with van der Waals surface area (Å²) in [5.74, 6) is 0.268. The lowest BCUT2D eigenvalue weighted by Crippen LogP contribution is -2.12. The van der Waals surface area contributed by atoms with Crippen molar-refractivity contribution in [1.29, 1.82) is 5.26 Å². The Labute approximate surface area is 147 Å². The number of rotatable bonds is 5. The first-order valence-corrected chi connectivity index (χ1v) is 7.53. The van der Waals surface area contributed by atoms with Crippen LogP contribution in [0.15, 0.2) is 47.4 Å². The Kier molecular flexibility index (Phi) is 4.49. The van der Waals surface area contributed by atoms with E-state index in [1.165, 1.54) is 16.9 Å². The van der Waals surface area contributed by atoms with Gasteiger partial charge in [-0.3, -0.25) is 4.79 Å². The summed E-state index contributed by atoms with van der Waals surface area (Å²) in [4.78, 5) is 24.5. The number of benzene rings is 1. The zero-order valence-electron chi connectivity index (χ0n) is 13.7. The molecule has 0 bridgehead atoms. The van der Waals surface area contributed by atoms with Crippen molar-refractivity contribution < 1.29 is 9.66 Å². The number of nitro groups is 1. The Morgan fingerprint density at radius 1 is 1.35 bits per heavy atom. The third-order valence-corrected chi connectivity index (χ3v) is 3.62. The van der Waals surface area contributed by atoms with Crippen LogP contribution in [-0.4, -0.2) is 19.7 Å². The first-order valence-electron chi connectivity index (χ1n) is 7.53. The van der Waals surface area contributed by atoms with Gasteiger partial charge in [0.15, 0.2) is 0 Å². The lowest BCUT2D eigenvalue weighted by molar-refractivity contribution is -0.389. The largest absolute Gasteiger partial charge is 0.469 e. The average molecular weight is 351 g/mol. The van der Waals surface area contributed by atoms with Crippen LogP contribution in [0, 0.1) is 28.4 Å². The number of nitrogens with zero attached hydrogens (tertiary/aromatic N) is 4. The van der Waals surface area contributed by atoms with Gasteiger partial charge in [0.2, 0.25) is 6.73 Å². The molecule has 3 aromatic rings. The molecule has 0 saturated heterocycles. The van der Waals surface area contributed by atoms with E-state index in [1.54, 1.807) is 37.3 Å². The third kappa shape index (κ3) is 3.44. The van der Waals surface area contributed by atoms with Crippen LogP contribution >= 0.6 is 0 Å². The predicted molar refractivity (Wildman–Crippen MR) is 91.5 cm³/mol. The molecule has 3 rings (SSSR count). The molecule has 0 fully saturated rings. The van der Waals surface area contributed by atoms with Gasteiger partial charge in [0.25, 0.3) is 5.56 Å². The van der Waals surface area contributed by atoms with Crippen LogP contribution < -0.4 is 10.3 Å². The molecule has 2 aromatic heterocycles. The highest BCUT2D eigenvalue weighted by molar-refractivity contribution is 5.70. The third-order valence-electron chi connectivity index (χ3n) is 3.62. The fraction of sp³-hybridized carbons (Fsp3) is 0.118. The van der Waals surface area contributed by atoms with E-state index in [-0.39, 0.29) is 18.1 Å². The highest BCUT2D eigenvalue weighted by Crippen LogP contribution is 2.24. The van der Waals surface area contributed by atoms with E-state index < -0.39 is 10.5 Å². The minimum atomic E-state index is -0.582. The van der Waals surface area contributed by atoms with Crippen molar-refractivity contribution in [3.8, 4) is 22.9 Å². The van der Waals surface area contributed by atoms with Gasteiger partial charge in [-0.1, -0.05) is 12.1 Å². The number of aryl methyl sites for hydroxylation is 1. The number of nitrogens with one attached hydrogen (secondary N) is 1. The Balaban J connectivity index is 1.78. The molecule has 1 N–H and O–H groups in total. The highest BCUT2D eigenvalue weighted by Gasteiger charge is 2.12. The van der Waals surface area contributed by atoms with Crippen LogP contribution in [0.25, 0.3) is 11.1 Å². The summed E-state index contributed by atoms with van der Waals surface area (Å²) in [6.07, 6.45) is 1.45. The molecule has 1 aromatic carbocycles. The molecular weight excluding hydrogens is 338 g/mol. The molecule has 0 aliphatic carbocycles. The summed E-state index contributed by atoms with van der Waals surface area (Å²) in [7, 11) is 0. The fourth-order valence-electron chi connectivity index (χ4n) is 2.42. The van der Waals surface area contributed by atoms with Crippen molar-refractivity contribution >= 4 is 5.82 Å². The van der Waals surface area contributed by atoms with E-state index in [0.29, 0.717) is 22.6 Å². The lowest BCUT2D eigenvalue weighted by Gasteiger charge is -2.08. The maximum absolute atomic E-state index is 11.9. The second-order valence-electron chi connectivity index (χ2n) is 5.45. The Bertz CT molecular complexity index is 1060. The van der Waals surface area contributed by atoms with E-state index in [4.69, 9.17) is 4.74 Å². The number of aromatic amines is 1. The molecule has 9 nitrogen and oxygen atoms in total. The normalized spacial score (nSPS) is 10.3. The smallest absolute Gasteiger partial charge is 0.390 e. The number of hydrogen-bond donors (Lipinski definition) is 1. The zero-order chi connectivity index (χ0) is 18.7. The molecule has 0 spiro atoms. The standard InChI is InChI=1S/C17H13N5O4/c1-11-8-14(15(9-18)17(23)19-11)12-2-4-13(5-3-12)26-10-21-7-6-16(20-21)22(24)25/h2-8H,10H2,1H3,(H,19,23). The van der Waals surface area contributed by atoms with E-state index in [1.807, 2.05) is 6.07 Å². The SMILES string of the molecule is Cc1cc(-c2ccc(OCn3ccc([N+](=O)[O-])n3)cc2)c(C#N)c(=O)[nH]1. The second-order valence-corrected chi connectivity index (χ2v) is 5.45. The number of pyridine rings is 1. The molecule has 0 aliphatic heterocycles. The summed E-state index contributed by atoms with van der Waals surface area (Å²) in [5, 5.41) is 23.6. The maximum atomic E-state index is 11.9. The van der Waals surface area contributed by atoms with Gasteiger partial charge in [0.05, 0.1) is 17.4 Å². The summed E-state index contributed by atoms with van der Waals surface area (Å²) in [6, 6.07) is 11.8. The first kappa shape index (κ1) is 16.9. The van der Waals surface area contributed by atoms with Crippen LogP contribution in [-0.2, 0) is 6.73 Å². The lowest BCUT2D eigenvalue weighted by atomic mass is 10.0. The summed E-state index contributed by atoms with van der Waals surface area (Å²) in [5.41, 5.74) is 1.53. The van der Waals surface area contributed by atoms with E-state index in [2.05, 4.69) is 10.1 Å². The molecule has 0 aliphatic rings. The zero-order valence-corrected chi connectivity index (χ0v) is 13.7. The van der Waals surface area contributed by atoms with Crippen LogP contribution in [0.1, 0.15) is 11.3 Å². The van der Waals surface area contributed by atoms with Crippen molar-refractivity contribution in [3.63, 3.8) is 0 Å². The van der Waals surface area contributed by atoms with Crippen LogP contribution in [0.3, 0.4) is 0 Å². The Morgan fingerprint density at radius 3 is 2.69 bits per heavy atom. The van der Waals surface area contributed by atoms with Crippen molar-refractivity contribution in [2.75, 3.05) is 0 Å². The van der Waals surface area contributed by atoms with Crippen molar-refractivity contribution in [1.82, 2.24) is 14.8 Å². The summed E-state index contributed by atoms with van der Waals surface area (Å²) in [6.45, 7) is 1.76. The van der Waals surface area contributed by atoms with Gasteiger partial charge >= 0.3 is 5.82 Å². The summed E-state index contributed by atoms with van der Waals surface area (Å²) >= 11 is 0. The molecule has 130 valence electrons. The average Bonchev–Trinajstić information content (AvgIpc) is 3.09. The molecule has 9 heteroatoms. The van der Waals surface area contributed by atoms with Gasteiger partial charge in [-0.05, 0) is 35.6 Å². The fourth-order valence-corrected chi connectivity index (χ4v) is 2.42. The Morgan fingerprint density at radius 2 is 2.08 bits per heavy atom. The number of nitriles is 1. The first-order chi connectivity index (χ1) is 12.5. The topological polar surface area (TPSA) is 127 Å². The highest BCUT2D eigenvalue weighted by atomic mass is 16.6. The summed E-state index contributed by atoms with van der Waals surface area (Å²) < 4.78 is 6.83. The van der Waals surface area contributed by atoms with Gasteiger partial charge < -0.3 is 19.8 Å². The van der Waals surface area contributed by atoms with Gasteiger partial charge in [0, 0.05) is 11.3 Å². The van der Waals surface area contributed by atoms with Gasteiger partial charge in [-0.15, -0.1) is 4.68 Å². The quantitative estimate of drug-likeness (QED) is 0.555. The molecule has 0 atom stereocenters. The van der Waals surface area contributed by atoms with Crippen LogP contribution in [0.2, 0.25) is 0 Å². The Hall–Kier alpha value is -3.93. The van der Waals surface area contributed by atoms with Gasteiger partial charge in [0.1, 0.15) is 17.4 Å². The number of hydrogen-bond acceptors (Lipinski definition) is 6. The molecule has 0 unspecified atom stereocenters. The number of aromatic nitrogens is 3. The second kappa shape index (κ2) is 6.90.